The number of carbonyl (C=O) groups is 1. The van der Waals surface area contributed by atoms with Gasteiger partial charge < -0.3 is 4.90 Å². The third kappa shape index (κ3) is 3.32. The molecule has 124 valence electrons. The summed E-state index contributed by atoms with van der Waals surface area (Å²) < 4.78 is 0. The minimum Gasteiger partial charge on any atom is -0.339 e. The maximum absolute atomic E-state index is 12.3. The van der Waals surface area contributed by atoms with Crippen molar-refractivity contribution in [3.63, 3.8) is 0 Å². The molecule has 4 rings (SSSR count). The molecule has 0 spiro atoms. The van der Waals surface area contributed by atoms with Gasteiger partial charge in [-0.05, 0) is 29.7 Å². The van der Waals surface area contributed by atoms with Crippen LogP contribution in [0.1, 0.15) is 11.1 Å². The first-order valence-electron chi connectivity index (χ1n) is 8.41. The average Bonchev–Trinajstić information content (AvgIpc) is 2.59. The molecule has 0 N–H and O–H groups in total. The number of likely N-dealkylation sites (tertiary alicyclic amines) is 1. The van der Waals surface area contributed by atoms with Crippen molar-refractivity contribution in [3.8, 4) is 0 Å². The number of amides is 1. The first kappa shape index (κ1) is 15.7. The Morgan fingerprint density at radius 2 is 1.88 bits per heavy atom. The quantitative estimate of drug-likeness (QED) is 0.802. The van der Waals surface area contributed by atoms with Crippen LogP contribution in [0.5, 0.6) is 0 Å². The van der Waals surface area contributed by atoms with Gasteiger partial charge >= 0.3 is 0 Å². The van der Waals surface area contributed by atoms with Crippen LogP contribution in [-0.2, 0) is 17.8 Å². The maximum atomic E-state index is 12.3. The Labute approximate surface area is 146 Å². The van der Waals surface area contributed by atoms with Gasteiger partial charge in [-0.1, -0.05) is 24.3 Å². The lowest BCUT2D eigenvalue weighted by atomic mass is 9.96. The third-order valence-corrected chi connectivity index (χ3v) is 5.90. The molecule has 0 atom stereocenters. The molecule has 1 aromatic carbocycles. The van der Waals surface area contributed by atoms with E-state index < -0.39 is 0 Å². The molecule has 0 saturated carbocycles. The molecule has 0 aliphatic carbocycles. The van der Waals surface area contributed by atoms with E-state index in [0.29, 0.717) is 11.8 Å². The highest BCUT2D eigenvalue weighted by molar-refractivity contribution is 8.00. The summed E-state index contributed by atoms with van der Waals surface area (Å²) in [4.78, 5) is 21.9. The molecule has 3 heterocycles. The van der Waals surface area contributed by atoms with E-state index in [1.54, 1.807) is 24.2 Å². The molecule has 5 heteroatoms. The van der Waals surface area contributed by atoms with Crippen LogP contribution in [0, 0.1) is 0 Å². The minimum absolute atomic E-state index is 0.241. The normalized spacial score (nSPS) is 18.1. The van der Waals surface area contributed by atoms with E-state index in [4.69, 9.17) is 0 Å². The third-order valence-electron chi connectivity index (χ3n) is 4.90. The van der Waals surface area contributed by atoms with Crippen LogP contribution in [-0.4, -0.2) is 52.1 Å². The van der Waals surface area contributed by atoms with E-state index in [-0.39, 0.29) is 5.91 Å². The molecule has 1 aromatic heterocycles. The van der Waals surface area contributed by atoms with Gasteiger partial charge in [0.1, 0.15) is 0 Å². The highest BCUT2D eigenvalue weighted by atomic mass is 32.2. The van der Waals surface area contributed by atoms with Crippen LogP contribution >= 0.6 is 11.8 Å². The molecular formula is C19H21N3OS. The van der Waals surface area contributed by atoms with Crippen molar-refractivity contribution in [2.75, 3.05) is 25.4 Å². The number of thioether (sulfide) groups is 1. The summed E-state index contributed by atoms with van der Waals surface area (Å²) in [5, 5.41) is 0. The Morgan fingerprint density at radius 1 is 1.12 bits per heavy atom. The number of nitrogens with zero attached hydrogens (tertiary/aromatic N) is 3. The lowest BCUT2D eigenvalue weighted by molar-refractivity contribution is -0.136. The molecule has 1 saturated heterocycles. The second-order valence-corrected chi connectivity index (χ2v) is 7.46. The van der Waals surface area contributed by atoms with Crippen LogP contribution in [0.4, 0.5) is 0 Å². The molecule has 24 heavy (non-hydrogen) atoms. The molecule has 0 bridgehead atoms. The van der Waals surface area contributed by atoms with Crippen molar-refractivity contribution in [2.24, 2.45) is 0 Å². The first-order valence-corrected chi connectivity index (χ1v) is 9.39. The van der Waals surface area contributed by atoms with Gasteiger partial charge in [-0.15, -0.1) is 11.8 Å². The predicted molar refractivity (Wildman–Crippen MR) is 95.9 cm³/mol. The van der Waals surface area contributed by atoms with Gasteiger partial charge in [-0.2, -0.15) is 0 Å². The number of hydrogen-bond acceptors (Lipinski definition) is 4. The number of carbonyl (C=O) groups excluding carboxylic acids is 1. The Hall–Kier alpha value is -1.85. The van der Waals surface area contributed by atoms with E-state index in [0.717, 1.165) is 37.5 Å². The Bertz CT molecular complexity index is 716. The molecular weight excluding hydrogens is 318 g/mol. The van der Waals surface area contributed by atoms with Crippen LogP contribution in [0.15, 0.2) is 53.7 Å². The maximum Gasteiger partial charge on any atom is 0.233 e. The van der Waals surface area contributed by atoms with Crippen LogP contribution < -0.4 is 0 Å². The van der Waals surface area contributed by atoms with Gasteiger partial charge in [0.15, 0.2) is 0 Å². The van der Waals surface area contributed by atoms with Gasteiger partial charge in [0.05, 0.1) is 5.75 Å². The lowest BCUT2D eigenvalue weighted by Crippen LogP contribution is -2.62. The standard InChI is InChI=1S/C19H21N3OS/c23-19(14-24-18-5-8-20-9-6-18)22-12-17(13-22)21-10-7-15-3-1-2-4-16(15)11-21/h1-6,8-9,17H,7,10-14H2. The van der Waals surface area contributed by atoms with Crippen molar-refractivity contribution in [2.45, 2.75) is 23.9 Å². The van der Waals surface area contributed by atoms with Crippen LogP contribution in [0.3, 0.4) is 0 Å². The number of pyridine rings is 1. The zero-order valence-corrected chi connectivity index (χ0v) is 14.4. The number of hydrogen-bond donors (Lipinski definition) is 0. The molecule has 4 nitrogen and oxygen atoms in total. The molecule has 2 aromatic rings. The summed E-state index contributed by atoms with van der Waals surface area (Å²) in [5.74, 6) is 0.755. The number of aromatic nitrogens is 1. The van der Waals surface area contributed by atoms with E-state index in [1.807, 2.05) is 17.0 Å². The van der Waals surface area contributed by atoms with Gasteiger partial charge in [-0.3, -0.25) is 14.7 Å². The summed E-state index contributed by atoms with van der Waals surface area (Å²) in [6.07, 6.45) is 4.65. The number of benzene rings is 1. The molecule has 2 aliphatic rings. The van der Waals surface area contributed by atoms with Gasteiger partial charge in [0, 0.05) is 49.5 Å². The molecule has 0 radical (unpaired) electrons. The SMILES string of the molecule is O=C(CSc1ccncc1)N1CC(N2CCc3ccccc3C2)C1. The van der Waals surface area contributed by atoms with Crippen molar-refractivity contribution < 1.29 is 4.79 Å². The minimum atomic E-state index is 0.241. The van der Waals surface area contributed by atoms with Crippen molar-refractivity contribution >= 4 is 17.7 Å². The molecule has 1 fully saturated rings. The van der Waals surface area contributed by atoms with E-state index in [1.165, 1.54) is 11.1 Å². The zero-order valence-electron chi connectivity index (χ0n) is 13.6. The fourth-order valence-electron chi connectivity index (χ4n) is 3.39. The highest BCUT2D eigenvalue weighted by Crippen LogP contribution is 2.25. The predicted octanol–water partition coefficient (Wildman–Crippen LogP) is 2.44. The molecule has 2 aliphatic heterocycles. The Balaban J connectivity index is 1.25. The summed E-state index contributed by atoms with van der Waals surface area (Å²) in [6.45, 7) is 3.87. The fourth-order valence-corrected chi connectivity index (χ4v) is 4.18. The van der Waals surface area contributed by atoms with Crippen LogP contribution in [0.25, 0.3) is 0 Å². The van der Waals surface area contributed by atoms with E-state index in [2.05, 4.69) is 34.1 Å². The highest BCUT2D eigenvalue weighted by Gasteiger charge is 2.35. The molecule has 1 amide bonds. The van der Waals surface area contributed by atoms with E-state index in [9.17, 15) is 4.79 Å². The Morgan fingerprint density at radius 3 is 2.67 bits per heavy atom. The van der Waals surface area contributed by atoms with E-state index >= 15 is 0 Å². The fraction of sp³-hybridized carbons (Fsp3) is 0.368. The second-order valence-electron chi connectivity index (χ2n) is 6.41. The number of fused-ring (bicyclic) bond motifs is 1. The van der Waals surface area contributed by atoms with Gasteiger partial charge in [0.2, 0.25) is 5.91 Å². The summed E-state index contributed by atoms with van der Waals surface area (Å²) >= 11 is 1.59. The second kappa shape index (κ2) is 6.95. The number of rotatable bonds is 4. The van der Waals surface area contributed by atoms with Crippen molar-refractivity contribution in [1.29, 1.82) is 0 Å². The van der Waals surface area contributed by atoms with Crippen molar-refractivity contribution in [3.05, 3.63) is 59.9 Å². The summed E-state index contributed by atoms with van der Waals surface area (Å²) in [6, 6.07) is 13.1. The monoisotopic (exact) mass is 339 g/mol. The largest absolute Gasteiger partial charge is 0.339 e. The average molecular weight is 339 g/mol. The van der Waals surface area contributed by atoms with Crippen LogP contribution in [0.2, 0.25) is 0 Å². The van der Waals surface area contributed by atoms with Crippen molar-refractivity contribution in [1.82, 2.24) is 14.8 Å². The Kier molecular flexibility index (Phi) is 4.54. The topological polar surface area (TPSA) is 36.4 Å². The summed E-state index contributed by atoms with van der Waals surface area (Å²) in [5.41, 5.74) is 2.93. The molecule has 0 unspecified atom stereocenters. The zero-order chi connectivity index (χ0) is 16.4. The summed E-state index contributed by atoms with van der Waals surface area (Å²) in [7, 11) is 0. The smallest absolute Gasteiger partial charge is 0.233 e. The van der Waals surface area contributed by atoms with Gasteiger partial charge in [-0.25, -0.2) is 0 Å². The first-order chi connectivity index (χ1) is 11.8. The lowest BCUT2D eigenvalue weighted by Gasteiger charge is -2.47. The van der Waals surface area contributed by atoms with Gasteiger partial charge in [0.25, 0.3) is 0 Å².